The topological polar surface area (TPSA) is 35.6 Å². The van der Waals surface area contributed by atoms with Crippen LogP contribution in [0.3, 0.4) is 0 Å². The molecule has 0 aliphatic carbocycles. The molecule has 100 valence electrons. The summed E-state index contributed by atoms with van der Waals surface area (Å²) in [6, 6.07) is 0.527. The fraction of sp³-hybridized carbons (Fsp3) is 0.923. The van der Waals surface area contributed by atoms with Crippen LogP contribution >= 0.6 is 0 Å². The average Bonchev–Trinajstić information content (AvgIpc) is 2.35. The van der Waals surface area contributed by atoms with Crippen LogP contribution in [-0.4, -0.2) is 62.0 Å². The van der Waals surface area contributed by atoms with Crippen LogP contribution < -0.4 is 5.32 Å². The largest absolute Gasteiger partial charge is 0.341 e. The fourth-order valence-corrected chi connectivity index (χ4v) is 2.34. The summed E-state index contributed by atoms with van der Waals surface area (Å²) in [5.41, 5.74) is 0. The molecule has 0 radical (unpaired) electrons. The van der Waals surface area contributed by atoms with Crippen LogP contribution in [0.25, 0.3) is 0 Å². The third-order valence-corrected chi connectivity index (χ3v) is 3.56. The van der Waals surface area contributed by atoms with Crippen LogP contribution in [0, 0.1) is 5.92 Å². The zero-order chi connectivity index (χ0) is 12.8. The number of rotatable bonds is 5. The quantitative estimate of drug-likeness (QED) is 0.773. The number of nitrogens with zero attached hydrogens (tertiary/aromatic N) is 2. The number of amides is 1. The number of likely N-dealkylation sites (N-methyl/N-ethyl adjacent to an activating group) is 1. The monoisotopic (exact) mass is 241 g/mol. The molecule has 1 saturated heterocycles. The molecule has 0 aromatic heterocycles. The van der Waals surface area contributed by atoms with Crippen molar-refractivity contribution in [3.63, 3.8) is 0 Å². The first-order chi connectivity index (χ1) is 8.06. The molecular formula is C13H27N3O. The second kappa shape index (κ2) is 6.97. The van der Waals surface area contributed by atoms with E-state index in [1.54, 1.807) is 0 Å². The van der Waals surface area contributed by atoms with E-state index in [9.17, 15) is 4.79 Å². The van der Waals surface area contributed by atoms with Gasteiger partial charge in [0.15, 0.2) is 0 Å². The molecule has 1 fully saturated rings. The Labute approximate surface area is 105 Å². The van der Waals surface area contributed by atoms with E-state index >= 15 is 0 Å². The van der Waals surface area contributed by atoms with E-state index in [0.717, 1.165) is 32.6 Å². The first kappa shape index (κ1) is 14.5. The maximum absolute atomic E-state index is 12.2. The van der Waals surface area contributed by atoms with Crippen molar-refractivity contribution in [3.05, 3.63) is 0 Å². The maximum atomic E-state index is 12.2. The lowest BCUT2D eigenvalue weighted by atomic mass is 10.0. The van der Waals surface area contributed by atoms with Crippen molar-refractivity contribution in [1.29, 1.82) is 0 Å². The van der Waals surface area contributed by atoms with Gasteiger partial charge in [0.1, 0.15) is 0 Å². The molecule has 1 aliphatic heterocycles. The number of hydrogen-bond donors (Lipinski definition) is 1. The van der Waals surface area contributed by atoms with Gasteiger partial charge in [-0.1, -0.05) is 13.8 Å². The Kier molecular flexibility index (Phi) is 5.92. The SMILES string of the molecule is CCNCC(C)C(=O)N1CCCC(N(C)C)C1. The lowest BCUT2D eigenvalue weighted by molar-refractivity contribution is -0.136. The molecule has 2 unspecified atom stereocenters. The molecule has 1 N–H and O–H groups in total. The molecular weight excluding hydrogens is 214 g/mol. The van der Waals surface area contributed by atoms with Crippen molar-refractivity contribution in [1.82, 2.24) is 15.1 Å². The minimum Gasteiger partial charge on any atom is -0.341 e. The lowest BCUT2D eigenvalue weighted by Crippen LogP contribution is -2.49. The molecule has 0 bridgehead atoms. The van der Waals surface area contributed by atoms with Crippen molar-refractivity contribution < 1.29 is 4.79 Å². The highest BCUT2D eigenvalue weighted by Gasteiger charge is 2.27. The summed E-state index contributed by atoms with van der Waals surface area (Å²) in [6.45, 7) is 7.63. The zero-order valence-corrected chi connectivity index (χ0v) is 11.7. The molecule has 0 spiro atoms. The van der Waals surface area contributed by atoms with E-state index in [1.807, 2.05) is 11.8 Å². The van der Waals surface area contributed by atoms with E-state index in [-0.39, 0.29) is 5.92 Å². The van der Waals surface area contributed by atoms with Crippen LogP contribution in [0.5, 0.6) is 0 Å². The van der Waals surface area contributed by atoms with E-state index in [4.69, 9.17) is 0 Å². The van der Waals surface area contributed by atoms with Gasteiger partial charge in [-0.25, -0.2) is 0 Å². The van der Waals surface area contributed by atoms with Gasteiger partial charge in [-0.05, 0) is 33.5 Å². The first-order valence-corrected chi connectivity index (χ1v) is 6.72. The molecule has 1 aliphatic rings. The second-order valence-corrected chi connectivity index (χ2v) is 5.25. The summed E-state index contributed by atoms with van der Waals surface area (Å²) in [5, 5.41) is 3.24. The number of hydrogen-bond acceptors (Lipinski definition) is 3. The Hall–Kier alpha value is -0.610. The van der Waals surface area contributed by atoms with Crippen LogP contribution in [-0.2, 0) is 4.79 Å². The van der Waals surface area contributed by atoms with Crippen molar-refractivity contribution in [3.8, 4) is 0 Å². The highest BCUT2D eigenvalue weighted by molar-refractivity contribution is 5.78. The highest BCUT2D eigenvalue weighted by atomic mass is 16.2. The van der Waals surface area contributed by atoms with Gasteiger partial charge < -0.3 is 15.1 Å². The van der Waals surface area contributed by atoms with Gasteiger partial charge in [-0.2, -0.15) is 0 Å². The number of carbonyl (C=O) groups is 1. The third-order valence-electron chi connectivity index (χ3n) is 3.56. The number of likely N-dealkylation sites (tertiary alicyclic amines) is 1. The first-order valence-electron chi connectivity index (χ1n) is 6.72. The van der Waals surface area contributed by atoms with Gasteiger partial charge in [0.25, 0.3) is 0 Å². The Bertz CT molecular complexity index is 243. The van der Waals surface area contributed by atoms with Crippen LogP contribution in [0.2, 0.25) is 0 Å². The summed E-state index contributed by atoms with van der Waals surface area (Å²) < 4.78 is 0. The van der Waals surface area contributed by atoms with Gasteiger partial charge in [0.05, 0.1) is 0 Å². The van der Waals surface area contributed by atoms with Crippen molar-refractivity contribution in [2.45, 2.75) is 32.7 Å². The number of piperidine rings is 1. The Morgan fingerprint density at radius 1 is 1.53 bits per heavy atom. The maximum Gasteiger partial charge on any atom is 0.226 e. The second-order valence-electron chi connectivity index (χ2n) is 5.25. The molecule has 0 aromatic rings. The molecule has 4 nitrogen and oxygen atoms in total. The third kappa shape index (κ3) is 4.28. The van der Waals surface area contributed by atoms with Crippen LogP contribution in [0.1, 0.15) is 26.7 Å². The van der Waals surface area contributed by atoms with Gasteiger partial charge in [-0.15, -0.1) is 0 Å². The Balaban J connectivity index is 2.45. The Morgan fingerprint density at radius 3 is 2.82 bits per heavy atom. The summed E-state index contributed by atoms with van der Waals surface area (Å²) in [4.78, 5) is 16.5. The van der Waals surface area contributed by atoms with Gasteiger partial charge in [0.2, 0.25) is 5.91 Å². The van der Waals surface area contributed by atoms with Crippen molar-refractivity contribution >= 4 is 5.91 Å². The van der Waals surface area contributed by atoms with Crippen molar-refractivity contribution in [2.24, 2.45) is 5.92 Å². The van der Waals surface area contributed by atoms with E-state index < -0.39 is 0 Å². The minimum atomic E-state index is 0.0934. The summed E-state index contributed by atoms with van der Waals surface area (Å²) in [5.74, 6) is 0.397. The normalized spacial score (nSPS) is 22.9. The smallest absolute Gasteiger partial charge is 0.226 e. The molecule has 1 heterocycles. The predicted molar refractivity (Wildman–Crippen MR) is 71.0 cm³/mol. The molecule has 0 aromatic carbocycles. The standard InChI is InChI=1S/C13H27N3O/c1-5-14-9-11(2)13(17)16-8-6-7-12(10-16)15(3)4/h11-12,14H,5-10H2,1-4H3. The van der Waals surface area contributed by atoms with Gasteiger partial charge >= 0.3 is 0 Å². The van der Waals surface area contributed by atoms with E-state index in [2.05, 4.69) is 31.2 Å². The minimum absolute atomic E-state index is 0.0934. The van der Waals surface area contributed by atoms with E-state index in [0.29, 0.717) is 11.9 Å². The van der Waals surface area contributed by atoms with Gasteiger partial charge in [-0.3, -0.25) is 4.79 Å². The summed E-state index contributed by atoms with van der Waals surface area (Å²) in [7, 11) is 4.20. The molecule has 2 atom stereocenters. The van der Waals surface area contributed by atoms with Crippen LogP contribution in [0.15, 0.2) is 0 Å². The van der Waals surface area contributed by atoms with Crippen LogP contribution in [0.4, 0.5) is 0 Å². The lowest BCUT2D eigenvalue weighted by Gasteiger charge is -2.37. The molecule has 17 heavy (non-hydrogen) atoms. The summed E-state index contributed by atoms with van der Waals surface area (Å²) in [6.07, 6.45) is 2.33. The summed E-state index contributed by atoms with van der Waals surface area (Å²) >= 11 is 0. The highest BCUT2D eigenvalue weighted by Crippen LogP contribution is 2.15. The number of nitrogens with one attached hydrogen (secondary N) is 1. The molecule has 1 amide bonds. The molecule has 1 rings (SSSR count). The van der Waals surface area contributed by atoms with Gasteiger partial charge in [0, 0.05) is 31.6 Å². The fourth-order valence-electron chi connectivity index (χ4n) is 2.34. The van der Waals surface area contributed by atoms with Crippen molar-refractivity contribution in [2.75, 3.05) is 40.3 Å². The number of carbonyl (C=O) groups excluding carboxylic acids is 1. The Morgan fingerprint density at radius 2 is 2.24 bits per heavy atom. The van der Waals surface area contributed by atoms with E-state index in [1.165, 1.54) is 6.42 Å². The molecule has 0 saturated carbocycles. The zero-order valence-electron chi connectivity index (χ0n) is 11.7. The predicted octanol–water partition coefficient (Wildman–Crippen LogP) is 0.785. The molecule has 4 heteroatoms. The average molecular weight is 241 g/mol.